The fourth-order valence-corrected chi connectivity index (χ4v) is 2.39. The molecule has 0 saturated heterocycles. The molecule has 2 nitrogen and oxygen atoms in total. The maximum Gasteiger partial charge on any atom is 0.0499 e. The molecule has 1 aromatic carbocycles. The Bertz CT molecular complexity index is 367. The first-order valence-corrected chi connectivity index (χ1v) is 7.16. The molecule has 0 heterocycles. The van der Waals surface area contributed by atoms with Gasteiger partial charge in [0.2, 0.25) is 0 Å². The number of aliphatic hydroxyl groups is 1. The summed E-state index contributed by atoms with van der Waals surface area (Å²) in [5, 5.41) is 13.0. The van der Waals surface area contributed by atoms with Crippen molar-refractivity contribution < 1.29 is 5.11 Å². The molecule has 1 aliphatic rings. The van der Waals surface area contributed by atoms with Gasteiger partial charge in [0.1, 0.15) is 0 Å². The highest BCUT2D eigenvalue weighted by molar-refractivity contribution is 5.25. The molecule has 0 amide bonds. The fraction of sp³-hybridized carbons (Fsp3) is 0.625. The number of benzene rings is 1. The van der Waals surface area contributed by atoms with Crippen LogP contribution in [0.15, 0.2) is 24.3 Å². The Morgan fingerprint density at radius 3 is 2.33 bits per heavy atom. The van der Waals surface area contributed by atoms with E-state index in [1.807, 2.05) is 0 Å². The van der Waals surface area contributed by atoms with E-state index in [4.69, 9.17) is 0 Å². The maximum atomic E-state index is 9.34. The van der Waals surface area contributed by atoms with Crippen LogP contribution < -0.4 is 5.32 Å². The van der Waals surface area contributed by atoms with Gasteiger partial charge in [0.25, 0.3) is 0 Å². The predicted octanol–water partition coefficient (Wildman–Crippen LogP) is 3.06. The molecule has 1 unspecified atom stereocenters. The summed E-state index contributed by atoms with van der Waals surface area (Å²) in [4.78, 5) is 0. The second kappa shape index (κ2) is 5.85. The van der Waals surface area contributed by atoms with Gasteiger partial charge in [-0.1, -0.05) is 38.1 Å². The molecule has 0 spiro atoms. The molecule has 100 valence electrons. The topological polar surface area (TPSA) is 32.3 Å². The minimum atomic E-state index is 0.191. The smallest absolute Gasteiger partial charge is 0.0499 e. The summed E-state index contributed by atoms with van der Waals surface area (Å²) in [7, 11) is 0. The Balaban J connectivity index is 1.94. The Morgan fingerprint density at radius 1 is 1.22 bits per heavy atom. The molecule has 2 heteroatoms. The van der Waals surface area contributed by atoms with Crippen LogP contribution in [0.2, 0.25) is 0 Å². The first-order chi connectivity index (χ1) is 8.73. The molecule has 2 N–H and O–H groups in total. The van der Waals surface area contributed by atoms with Gasteiger partial charge in [-0.15, -0.1) is 0 Å². The molecule has 1 aromatic rings. The van der Waals surface area contributed by atoms with E-state index in [9.17, 15) is 5.11 Å². The Labute approximate surface area is 110 Å². The van der Waals surface area contributed by atoms with E-state index in [1.165, 1.54) is 24.0 Å². The summed E-state index contributed by atoms with van der Waals surface area (Å²) in [6, 6.07) is 9.33. The number of hydrogen-bond acceptors (Lipinski definition) is 2. The van der Waals surface area contributed by atoms with Gasteiger partial charge in [-0.05, 0) is 36.8 Å². The van der Waals surface area contributed by atoms with Gasteiger partial charge in [0, 0.05) is 24.6 Å². The standard InChI is InChI=1S/C16H25NO/c1-3-13-5-7-14(8-6-13)15(4-2)17-11-16(12-18)9-10-16/h5-8,15,17-18H,3-4,9-12H2,1-2H3. The molecule has 2 rings (SSSR count). The third-order valence-electron chi connectivity index (χ3n) is 4.21. The summed E-state index contributed by atoms with van der Waals surface area (Å²) in [6.07, 6.45) is 4.52. The normalized spacial score (nSPS) is 18.6. The van der Waals surface area contributed by atoms with Crippen LogP contribution in [-0.2, 0) is 6.42 Å². The van der Waals surface area contributed by atoms with Crippen LogP contribution in [0, 0.1) is 5.41 Å². The Kier molecular flexibility index (Phi) is 4.41. The molecule has 0 aromatic heterocycles. The summed E-state index contributed by atoms with van der Waals surface area (Å²) in [6.45, 7) is 5.66. The van der Waals surface area contributed by atoms with Crippen molar-refractivity contribution in [1.82, 2.24) is 5.32 Å². The molecule has 0 radical (unpaired) electrons. The largest absolute Gasteiger partial charge is 0.396 e. The van der Waals surface area contributed by atoms with Crippen LogP contribution in [0.5, 0.6) is 0 Å². The van der Waals surface area contributed by atoms with Crippen molar-refractivity contribution in [2.75, 3.05) is 13.2 Å². The maximum absolute atomic E-state index is 9.34. The Morgan fingerprint density at radius 2 is 1.89 bits per heavy atom. The van der Waals surface area contributed by atoms with Crippen molar-refractivity contribution in [2.24, 2.45) is 5.41 Å². The number of aliphatic hydroxyl groups excluding tert-OH is 1. The fourth-order valence-electron chi connectivity index (χ4n) is 2.39. The van der Waals surface area contributed by atoms with Gasteiger partial charge >= 0.3 is 0 Å². The highest BCUT2D eigenvalue weighted by atomic mass is 16.3. The predicted molar refractivity (Wildman–Crippen MR) is 75.6 cm³/mol. The van der Waals surface area contributed by atoms with Gasteiger partial charge in [0.05, 0.1) is 0 Å². The molecule has 1 saturated carbocycles. The minimum Gasteiger partial charge on any atom is -0.396 e. The van der Waals surface area contributed by atoms with Crippen LogP contribution in [0.25, 0.3) is 0 Å². The minimum absolute atomic E-state index is 0.191. The van der Waals surface area contributed by atoms with Crippen molar-refractivity contribution in [3.05, 3.63) is 35.4 Å². The zero-order valence-electron chi connectivity index (χ0n) is 11.6. The lowest BCUT2D eigenvalue weighted by Crippen LogP contribution is -2.29. The van der Waals surface area contributed by atoms with Crippen LogP contribution >= 0.6 is 0 Å². The highest BCUT2D eigenvalue weighted by Gasteiger charge is 2.41. The van der Waals surface area contributed by atoms with Crippen LogP contribution in [0.1, 0.15) is 50.3 Å². The van der Waals surface area contributed by atoms with E-state index in [1.54, 1.807) is 0 Å². The quantitative estimate of drug-likeness (QED) is 0.776. The first kappa shape index (κ1) is 13.6. The first-order valence-electron chi connectivity index (χ1n) is 7.16. The highest BCUT2D eigenvalue weighted by Crippen LogP contribution is 2.44. The van der Waals surface area contributed by atoms with Crippen molar-refractivity contribution >= 4 is 0 Å². The zero-order valence-corrected chi connectivity index (χ0v) is 11.6. The van der Waals surface area contributed by atoms with Gasteiger partial charge in [-0.25, -0.2) is 0 Å². The number of aryl methyl sites for hydroxylation is 1. The SMILES string of the molecule is CCc1ccc(C(CC)NCC2(CO)CC2)cc1. The van der Waals surface area contributed by atoms with E-state index in [0.717, 1.165) is 19.4 Å². The third kappa shape index (κ3) is 3.12. The monoisotopic (exact) mass is 247 g/mol. The lowest BCUT2D eigenvalue weighted by atomic mass is 10.0. The molecule has 0 aliphatic heterocycles. The molecule has 1 aliphatic carbocycles. The van der Waals surface area contributed by atoms with E-state index < -0.39 is 0 Å². The number of nitrogens with one attached hydrogen (secondary N) is 1. The van der Waals surface area contributed by atoms with E-state index in [0.29, 0.717) is 12.6 Å². The summed E-state index contributed by atoms with van der Waals surface area (Å²) in [5.41, 5.74) is 2.95. The van der Waals surface area contributed by atoms with Gasteiger partial charge in [0.15, 0.2) is 0 Å². The number of rotatable bonds is 7. The van der Waals surface area contributed by atoms with Crippen LogP contribution in [0.3, 0.4) is 0 Å². The summed E-state index contributed by atoms with van der Waals surface area (Å²) >= 11 is 0. The second-order valence-electron chi connectivity index (χ2n) is 5.59. The van der Waals surface area contributed by atoms with E-state index >= 15 is 0 Å². The lowest BCUT2D eigenvalue weighted by Gasteiger charge is -2.21. The third-order valence-corrected chi connectivity index (χ3v) is 4.21. The van der Waals surface area contributed by atoms with E-state index in [-0.39, 0.29) is 5.41 Å². The van der Waals surface area contributed by atoms with Gasteiger partial charge in [-0.2, -0.15) is 0 Å². The molecule has 1 fully saturated rings. The summed E-state index contributed by atoms with van der Waals surface area (Å²) in [5.74, 6) is 0. The zero-order chi connectivity index (χ0) is 13.0. The van der Waals surface area contributed by atoms with Crippen LogP contribution in [0.4, 0.5) is 0 Å². The average molecular weight is 247 g/mol. The molecule has 0 bridgehead atoms. The van der Waals surface area contributed by atoms with Crippen molar-refractivity contribution in [1.29, 1.82) is 0 Å². The molecular formula is C16H25NO. The molecular weight excluding hydrogens is 222 g/mol. The summed E-state index contributed by atoms with van der Waals surface area (Å²) < 4.78 is 0. The second-order valence-corrected chi connectivity index (χ2v) is 5.59. The lowest BCUT2D eigenvalue weighted by molar-refractivity contribution is 0.203. The van der Waals surface area contributed by atoms with Crippen molar-refractivity contribution in [2.45, 2.75) is 45.6 Å². The molecule has 18 heavy (non-hydrogen) atoms. The van der Waals surface area contributed by atoms with Crippen molar-refractivity contribution in [3.63, 3.8) is 0 Å². The van der Waals surface area contributed by atoms with Crippen LogP contribution in [-0.4, -0.2) is 18.3 Å². The van der Waals surface area contributed by atoms with Gasteiger partial charge < -0.3 is 10.4 Å². The number of hydrogen-bond donors (Lipinski definition) is 2. The van der Waals surface area contributed by atoms with E-state index in [2.05, 4.69) is 43.4 Å². The van der Waals surface area contributed by atoms with Gasteiger partial charge in [-0.3, -0.25) is 0 Å². The van der Waals surface area contributed by atoms with Crippen molar-refractivity contribution in [3.8, 4) is 0 Å². The Hall–Kier alpha value is -0.860. The average Bonchev–Trinajstić information content (AvgIpc) is 3.21. The molecule has 1 atom stereocenters.